The first-order valence-electron chi connectivity index (χ1n) is 5.94. The van der Waals surface area contributed by atoms with E-state index >= 15 is 0 Å². The Bertz CT molecular complexity index is 544. The Kier molecular flexibility index (Phi) is 5.28. The molecule has 0 saturated carbocycles. The number of aromatic nitrogens is 2. The summed E-state index contributed by atoms with van der Waals surface area (Å²) in [5, 5.41) is 13.5. The molecule has 1 heterocycles. The third kappa shape index (κ3) is 3.89. The highest BCUT2D eigenvalue weighted by Gasteiger charge is 2.11. The number of para-hydroxylation sites is 1. The van der Waals surface area contributed by atoms with Gasteiger partial charge in [-0.05, 0) is 12.1 Å². The Labute approximate surface area is 120 Å². The van der Waals surface area contributed by atoms with Crippen LogP contribution in [-0.4, -0.2) is 30.5 Å². The second kappa shape index (κ2) is 7.18. The molecule has 2 aromatic rings. The lowest BCUT2D eigenvalue weighted by Gasteiger charge is -2.04. The average molecular weight is 301 g/mol. The molecule has 0 radical (unpaired) electrons. The Morgan fingerprint density at radius 3 is 3.00 bits per heavy atom. The molecule has 0 amide bonds. The molecule has 0 saturated heterocycles. The molecule has 20 heavy (non-hydrogen) atoms. The van der Waals surface area contributed by atoms with Gasteiger partial charge >= 0.3 is 6.01 Å². The monoisotopic (exact) mass is 300 g/mol. The lowest BCUT2D eigenvalue weighted by atomic mass is 10.3. The Morgan fingerprint density at radius 1 is 1.40 bits per heavy atom. The number of benzene rings is 1. The third-order valence-electron chi connectivity index (χ3n) is 2.42. The van der Waals surface area contributed by atoms with E-state index in [4.69, 9.17) is 20.8 Å². The molecule has 0 aliphatic carbocycles. The SMILES string of the molecule is COCCNCc1nnc(Nc2c(F)cccc2Cl)o1. The molecule has 2 rings (SSSR count). The Hall–Kier alpha value is -1.70. The van der Waals surface area contributed by atoms with Gasteiger partial charge < -0.3 is 19.8 Å². The van der Waals surface area contributed by atoms with Crippen molar-refractivity contribution in [3.05, 3.63) is 34.9 Å². The van der Waals surface area contributed by atoms with Crippen molar-refractivity contribution in [1.29, 1.82) is 0 Å². The fourth-order valence-corrected chi connectivity index (χ4v) is 1.68. The van der Waals surface area contributed by atoms with Crippen molar-refractivity contribution >= 4 is 23.3 Å². The van der Waals surface area contributed by atoms with Crippen molar-refractivity contribution in [2.75, 3.05) is 25.6 Å². The van der Waals surface area contributed by atoms with Gasteiger partial charge in [0.15, 0.2) is 0 Å². The highest BCUT2D eigenvalue weighted by molar-refractivity contribution is 6.33. The summed E-state index contributed by atoms with van der Waals surface area (Å²) in [6, 6.07) is 4.46. The maximum Gasteiger partial charge on any atom is 0.320 e. The average Bonchev–Trinajstić information content (AvgIpc) is 2.87. The normalized spacial score (nSPS) is 10.8. The summed E-state index contributed by atoms with van der Waals surface area (Å²) in [5.74, 6) is -0.105. The van der Waals surface area contributed by atoms with Crippen molar-refractivity contribution in [1.82, 2.24) is 15.5 Å². The maximum absolute atomic E-state index is 13.6. The molecule has 108 valence electrons. The summed E-state index contributed by atoms with van der Waals surface area (Å²) in [4.78, 5) is 0. The number of anilines is 2. The van der Waals surface area contributed by atoms with Crippen LogP contribution >= 0.6 is 11.6 Å². The number of hydrogen-bond acceptors (Lipinski definition) is 6. The quantitative estimate of drug-likeness (QED) is 0.765. The summed E-state index contributed by atoms with van der Waals surface area (Å²) in [7, 11) is 1.62. The van der Waals surface area contributed by atoms with Crippen molar-refractivity contribution < 1.29 is 13.5 Å². The number of nitrogens with zero attached hydrogens (tertiary/aromatic N) is 2. The summed E-state index contributed by atoms with van der Waals surface area (Å²) in [6.07, 6.45) is 0. The molecule has 1 aromatic heterocycles. The molecule has 0 atom stereocenters. The molecular weight excluding hydrogens is 287 g/mol. The van der Waals surface area contributed by atoms with Gasteiger partial charge in [-0.15, -0.1) is 5.10 Å². The van der Waals surface area contributed by atoms with Gasteiger partial charge in [0.05, 0.1) is 23.9 Å². The molecule has 6 nitrogen and oxygen atoms in total. The summed E-state index contributed by atoms with van der Waals surface area (Å²) in [6.45, 7) is 1.66. The summed E-state index contributed by atoms with van der Waals surface area (Å²) < 4.78 is 23.8. The number of methoxy groups -OCH3 is 1. The van der Waals surface area contributed by atoms with Crippen LogP contribution in [-0.2, 0) is 11.3 Å². The van der Waals surface area contributed by atoms with E-state index in [0.29, 0.717) is 25.6 Å². The predicted octanol–water partition coefficient (Wildman–Crippen LogP) is 2.34. The van der Waals surface area contributed by atoms with Crippen molar-refractivity contribution in [3.8, 4) is 0 Å². The van der Waals surface area contributed by atoms with Gasteiger partial charge in [0.25, 0.3) is 0 Å². The molecule has 0 unspecified atom stereocenters. The summed E-state index contributed by atoms with van der Waals surface area (Å²) in [5.41, 5.74) is 0.108. The molecule has 0 aliphatic rings. The molecule has 8 heteroatoms. The maximum atomic E-state index is 13.6. The number of halogens is 2. The highest BCUT2D eigenvalue weighted by atomic mass is 35.5. The lowest BCUT2D eigenvalue weighted by Crippen LogP contribution is -2.18. The fourth-order valence-electron chi connectivity index (χ4n) is 1.47. The number of rotatable bonds is 7. The van der Waals surface area contributed by atoms with E-state index in [1.807, 2.05) is 0 Å². The minimum Gasteiger partial charge on any atom is -0.406 e. The molecular formula is C12H14ClFN4O2. The van der Waals surface area contributed by atoms with Crippen molar-refractivity contribution in [2.45, 2.75) is 6.54 Å². The minimum absolute atomic E-state index is 0.0838. The van der Waals surface area contributed by atoms with Crippen molar-refractivity contribution in [2.24, 2.45) is 0 Å². The van der Waals surface area contributed by atoms with Crippen LogP contribution in [0, 0.1) is 5.82 Å². The first-order chi connectivity index (χ1) is 9.70. The zero-order valence-corrected chi connectivity index (χ0v) is 11.6. The Balaban J connectivity index is 1.96. The zero-order chi connectivity index (χ0) is 14.4. The number of nitrogens with one attached hydrogen (secondary N) is 2. The second-order valence-electron chi connectivity index (χ2n) is 3.89. The standard InChI is InChI=1S/C12H14ClFN4O2/c1-19-6-5-15-7-10-17-18-12(20-10)16-11-8(13)3-2-4-9(11)14/h2-4,15H,5-7H2,1H3,(H,16,18). The molecule has 0 spiro atoms. The predicted molar refractivity (Wildman–Crippen MR) is 72.6 cm³/mol. The smallest absolute Gasteiger partial charge is 0.320 e. The van der Waals surface area contributed by atoms with Crippen molar-refractivity contribution in [3.63, 3.8) is 0 Å². The van der Waals surface area contributed by atoms with E-state index in [1.54, 1.807) is 13.2 Å². The largest absolute Gasteiger partial charge is 0.406 e. The van der Waals surface area contributed by atoms with Gasteiger partial charge in [-0.2, -0.15) is 0 Å². The van der Waals surface area contributed by atoms with E-state index in [-0.39, 0.29) is 16.7 Å². The second-order valence-corrected chi connectivity index (χ2v) is 4.30. The van der Waals surface area contributed by atoms with E-state index in [2.05, 4.69) is 20.8 Å². The van der Waals surface area contributed by atoms with Crippen LogP contribution in [0.2, 0.25) is 5.02 Å². The van der Waals surface area contributed by atoms with Gasteiger partial charge in [-0.3, -0.25) is 0 Å². The lowest BCUT2D eigenvalue weighted by molar-refractivity contribution is 0.198. The molecule has 0 fully saturated rings. The van der Waals surface area contributed by atoms with Crippen LogP contribution in [0.3, 0.4) is 0 Å². The topological polar surface area (TPSA) is 72.2 Å². The molecule has 1 aromatic carbocycles. The van der Waals surface area contributed by atoms with E-state index in [0.717, 1.165) is 0 Å². The van der Waals surface area contributed by atoms with Gasteiger partial charge in [0.1, 0.15) is 5.82 Å². The van der Waals surface area contributed by atoms with Crippen LogP contribution < -0.4 is 10.6 Å². The molecule has 0 aliphatic heterocycles. The van der Waals surface area contributed by atoms with Gasteiger partial charge in [-0.1, -0.05) is 22.8 Å². The van der Waals surface area contributed by atoms with Crippen LogP contribution in [0.1, 0.15) is 5.89 Å². The molecule has 0 bridgehead atoms. The highest BCUT2D eigenvalue weighted by Crippen LogP contribution is 2.27. The van der Waals surface area contributed by atoms with Gasteiger partial charge in [0.2, 0.25) is 5.89 Å². The van der Waals surface area contributed by atoms with E-state index < -0.39 is 5.82 Å². The first kappa shape index (κ1) is 14.7. The third-order valence-corrected chi connectivity index (χ3v) is 2.74. The van der Waals surface area contributed by atoms with Crippen LogP contribution in [0.15, 0.2) is 22.6 Å². The minimum atomic E-state index is -0.490. The van der Waals surface area contributed by atoms with Crippen LogP contribution in [0.5, 0.6) is 0 Å². The van der Waals surface area contributed by atoms with Gasteiger partial charge in [0, 0.05) is 13.7 Å². The Morgan fingerprint density at radius 2 is 2.25 bits per heavy atom. The van der Waals surface area contributed by atoms with E-state index in [9.17, 15) is 4.39 Å². The van der Waals surface area contributed by atoms with E-state index in [1.165, 1.54) is 12.1 Å². The van der Waals surface area contributed by atoms with Gasteiger partial charge in [-0.25, -0.2) is 4.39 Å². The zero-order valence-electron chi connectivity index (χ0n) is 10.8. The fraction of sp³-hybridized carbons (Fsp3) is 0.333. The number of ether oxygens (including phenoxy) is 1. The molecule has 2 N–H and O–H groups in total. The number of hydrogen-bond donors (Lipinski definition) is 2. The van der Waals surface area contributed by atoms with Crippen LogP contribution in [0.25, 0.3) is 0 Å². The van der Waals surface area contributed by atoms with Crippen LogP contribution in [0.4, 0.5) is 16.1 Å². The summed E-state index contributed by atoms with van der Waals surface area (Å²) >= 11 is 5.89. The first-order valence-corrected chi connectivity index (χ1v) is 6.31.